The van der Waals surface area contributed by atoms with Gasteiger partial charge in [0, 0.05) is 30.1 Å². The van der Waals surface area contributed by atoms with E-state index < -0.39 is 11.7 Å². The van der Waals surface area contributed by atoms with Crippen LogP contribution >= 0.6 is 0 Å². The highest BCUT2D eigenvalue weighted by molar-refractivity contribution is 6.44. The maximum Gasteiger partial charge on any atom is 0.292 e. The van der Waals surface area contributed by atoms with E-state index in [-0.39, 0.29) is 0 Å². The smallest absolute Gasteiger partial charge is 0.292 e. The number of fused-ring (bicyclic) bond motifs is 1. The fourth-order valence-electron chi connectivity index (χ4n) is 3.60. The summed E-state index contributed by atoms with van der Waals surface area (Å²) < 4.78 is 0. The van der Waals surface area contributed by atoms with Crippen molar-refractivity contribution in [1.29, 1.82) is 0 Å². The fourth-order valence-corrected chi connectivity index (χ4v) is 3.60. The number of para-hydroxylation sites is 1. The molecule has 128 valence electrons. The van der Waals surface area contributed by atoms with E-state index in [0.29, 0.717) is 18.2 Å². The first-order chi connectivity index (χ1) is 11.7. The van der Waals surface area contributed by atoms with Crippen LogP contribution in [0.4, 0.5) is 0 Å². The number of benzene rings is 1. The summed E-state index contributed by atoms with van der Waals surface area (Å²) in [5, 5.41) is 3.57. The molecule has 2 atom stereocenters. The third-order valence-corrected chi connectivity index (χ3v) is 5.08. The number of likely N-dealkylation sites (tertiary alicyclic amines) is 1. The second-order valence-electron chi connectivity index (χ2n) is 6.74. The van der Waals surface area contributed by atoms with Crippen LogP contribution in [0.2, 0.25) is 0 Å². The maximum atomic E-state index is 12.3. The van der Waals surface area contributed by atoms with Gasteiger partial charge in [-0.3, -0.25) is 9.59 Å². The number of amides is 1. The average molecular weight is 328 g/mol. The molecule has 0 saturated carbocycles. The molecule has 5 heteroatoms. The van der Waals surface area contributed by atoms with Gasteiger partial charge >= 0.3 is 0 Å². The molecule has 3 N–H and O–H groups in total. The number of H-pyrrole nitrogens is 1. The molecule has 0 spiro atoms. The molecule has 1 aliphatic heterocycles. The Kier molecular flexibility index (Phi) is 5.30. The molecule has 1 fully saturated rings. The Morgan fingerprint density at radius 2 is 2.12 bits per heavy atom. The second-order valence-corrected chi connectivity index (χ2v) is 6.74. The highest BCUT2D eigenvalue weighted by atomic mass is 16.2. The normalized spacial score (nSPS) is 20.9. The number of rotatable bonds is 6. The Hall–Kier alpha value is -2.14. The summed E-state index contributed by atoms with van der Waals surface area (Å²) in [6.07, 6.45) is 6.45. The van der Waals surface area contributed by atoms with Crippen LogP contribution in [0.1, 0.15) is 43.0 Å². The Morgan fingerprint density at radius 3 is 2.96 bits per heavy atom. The quantitative estimate of drug-likeness (QED) is 0.425. The number of hydrogen-bond donors (Lipinski definition) is 3. The highest BCUT2D eigenvalue weighted by Crippen LogP contribution is 2.18. The zero-order chi connectivity index (χ0) is 16.9. The van der Waals surface area contributed by atoms with Gasteiger partial charge in [0.1, 0.15) is 0 Å². The summed E-state index contributed by atoms with van der Waals surface area (Å²) >= 11 is 0. The van der Waals surface area contributed by atoms with Crippen molar-refractivity contribution in [3.63, 3.8) is 0 Å². The molecule has 3 rings (SSSR count). The Labute approximate surface area is 142 Å². The van der Waals surface area contributed by atoms with Crippen LogP contribution < -0.4 is 10.2 Å². The minimum absolute atomic E-state index is 0.443. The van der Waals surface area contributed by atoms with Crippen LogP contribution in [-0.2, 0) is 4.79 Å². The molecule has 2 aromatic rings. The molecular formula is C19H26N3O2+. The van der Waals surface area contributed by atoms with Gasteiger partial charge in [-0.05, 0) is 32.3 Å². The summed E-state index contributed by atoms with van der Waals surface area (Å²) in [6, 6.07) is 8.23. The van der Waals surface area contributed by atoms with Gasteiger partial charge in [0.2, 0.25) is 0 Å². The van der Waals surface area contributed by atoms with Crippen molar-refractivity contribution in [2.24, 2.45) is 0 Å². The van der Waals surface area contributed by atoms with Gasteiger partial charge in [0.05, 0.1) is 24.7 Å². The highest BCUT2D eigenvalue weighted by Gasteiger charge is 2.22. The van der Waals surface area contributed by atoms with Crippen molar-refractivity contribution in [3.05, 3.63) is 36.0 Å². The minimum Gasteiger partial charge on any atom is -0.360 e. The van der Waals surface area contributed by atoms with E-state index in [1.165, 1.54) is 25.8 Å². The van der Waals surface area contributed by atoms with E-state index in [4.69, 9.17) is 0 Å². The lowest BCUT2D eigenvalue weighted by Gasteiger charge is -2.30. The first-order valence-electron chi connectivity index (χ1n) is 8.90. The van der Waals surface area contributed by atoms with E-state index in [2.05, 4.69) is 17.2 Å². The fraction of sp³-hybridized carbons (Fsp3) is 0.474. The first kappa shape index (κ1) is 16.7. The summed E-state index contributed by atoms with van der Waals surface area (Å²) in [4.78, 5) is 29.1. The van der Waals surface area contributed by atoms with Gasteiger partial charge in [0.25, 0.3) is 11.7 Å². The Bertz CT molecular complexity index is 722. The Morgan fingerprint density at radius 1 is 1.29 bits per heavy atom. The van der Waals surface area contributed by atoms with Crippen LogP contribution in [0.25, 0.3) is 10.9 Å². The van der Waals surface area contributed by atoms with Crippen molar-refractivity contribution in [3.8, 4) is 0 Å². The molecule has 0 aliphatic carbocycles. The average Bonchev–Trinajstić information content (AvgIpc) is 3.03. The molecule has 2 heterocycles. The summed E-state index contributed by atoms with van der Waals surface area (Å²) in [6.45, 7) is 5.14. The van der Waals surface area contributed by atoms with Crippen LogP contribution in [0.5, 0.6) is 0 Å². The molecule has 5 nitrogen and oxygen atoms in total. The minimum atomic E-state index is -0.513. The van der Waals surface area contributed by atoms with E-state index in [1.54, 1.807) is 11.1 Å². The number of carbonyl (C=O) groups is 2. The zero-order valence-corrected chi connectivity index (χ0v) is 14.2. The van der Waals surface area contributed by atoms with Gasteiger partial charge in [0.15, 0.2) is 0 Å². The van der Waals surface area contributed by atoms with Crippen molar-refractivity contribution >= 4 is 22.6 Å². The van der Waals surface area contributed by atoms with E-state index in [0.717, 1.165) is 23.9 Å². The number of aromatic amines is 1. The van der Waals surface area contributed by atoms with Crippen molar-refractivity contribution in [2.45, 2.75) is 38.6 Å². The molecular weight excluding hydrogens is 302 g/mol. The lowest BCUT2D eigenvalue weighted by molar-refractivity contribution is -0.928. The zero-order valence-electron chi connectivity index (χ0n) is 14.2. The standard InChI is InChI=1S/C19H25N3O2/c1-14-7-4-5-11-22(14)12-6-10-20-19(24)18(23)16-13-21-17-9-3-2-8-15(16)17/h2-3,8-9,13-14,21H,4-7,10-12H2,1H3,(H,20,24)/p+1/t14-/m1/s1. The Balaban J connectivity index is 1.49. The number of piperidine rings is 1. The lowest BCUT2D eigenvalue weighted by Crippen LogP contribution is -3.16. The van der Waals surface area contributed by atoms with Gasteiger partial charge in [-0.25, -0.2) is 0 Å². The van der Waals surface area contributed by atoms with Crippen LogP contribution in [0, 0.1) is 0 Å². The van der Waals surface area contributed by atoms with E-state index in [9.17, 15) is 9.59 Å². The number of Topliss-reactive ketones (excluding diaryl/α,β-unsaturated/α-hetero) is 1. The predicted octanol–water partition coefficient (Wildman–Crippen LogP) is 1.31. The molecule has 0 radical (unpaired) electrons. The molecule has 1 amide bonds. The number of hydrogen-bond acceptors (Lipinski definition) is 2. The third kappa shape index (κ3) is 3.67. The third-order valence-electron chi connectivity index (χ3n) is 5.08. The number of nitrogens with one attached hydrogen (secondary N) is 3. The maximum absolute atomic E-state index is 12.3. The molecule has 1 saturated heterocycles. The van der Waals surface area contributed by atoms with Gasteiger partial charge in [-0.2, -0.15) is 0 Å². The van der Waals surface area contributed by atoms with E-state index >= 15 is 0 Å². The van der Waals surface area contributed by atoms with Crippen molar-refractivity contribution in [1.82, 2.24) is 10.3 Å². The predicted molar refractivity (Wildman–Crippen MR) is 94.3 cm³/mol. The molecule has 1 unspecified atom stereocenters. The second kappa shape index (κ2) is 7.62. The molecule has 1 aliphatic rings. The molecule has 24 heavy (non-hydrogen) atoms. The SMILES string of the molecule is C[C@@H]1CCCC[NH+]1CCCNC(=O)C(=O)c1c[nH]c2ccccc12. The van der Waals surface area contributed by atoms with Crippen LogP contribution in [0.3, 0.4) is 0 Å². The topological polar surface area (TPSA) is 66.4 Å². The summed E-state index contributed by atoms with van der Waals surface area (Å²) in [7, 11) is 0. The van der Waals surface area contributed by atoms with Crippen LogP contribution in [-0.4, -0.2) is 42.4 Å². The molecule has 0 bridgehead atoms. The summed E-state index contributed by atoms with van der Waals surface area (Å²) in [5.41, 5.74) is 1.31. The number of quaternary nitrogens is 1. The molecule has 1 aromatic carbocycles. The van der Waals surface area contributed by atoms with Gasteiger partial charge in [-0.15, -0.1) is 0 Å². The molecule has 1 aromatic heterocycles. The van der Waals surface area contributed by atoms with Crippen molar-refractivity contribution in [2.75, 3.05) is 19.6 Å². The van der Waals surface area contributed by atoms with E-state index in [1.807, 2.05) is 24.3 Å². The first-order valence-corrected chi connectivity index (χ1v) is 8.90. The monoisotopic (exact) mass is 328 g/mol. The van der Waals surface area contributed by atoms with Crippen LogP contribution in [0.15, 0.2) is 30.5 Å². The summed E-state index contributed by atoms with van der Waals surface area (Å²) in [5.74, 6) is -0.979. The number of aromatic nitrogens is 1. The lowest BCUT2D eigenvalue weighted by atomic mass is 10.0. The number of carbonyl (C=O) groups excluding carboxylic acids is 2. The van der Waals surface area contributed by atoms with Crippen molar-refractivity contribution < 1.29 is 14.5 Å². The van der Waals surface area contributed by atoms with Gasteiger partial charge in [-0.1, -0.05) is 18.2 Å². The largest absolute Gasteiger partial charge is 0.360 e. The number of ketones is 1. The van der Waals surface area contributed by atoms with Gasteiger partial charge < -0.3 is 15.2 Å².